The van der Waals surface area contributed by atoms with E-state index in [4.69, 9.17) is 8.85 Å². The van der Waals surface area contributed by atoms with Gasteiger partial charge < -0.3 is 8.85 Å². The highest BCUT2D eigenvalue weighted by Gasteiger charge is 2.54. The molecular weight excluding hydrogens is 252 g/mol. The quantitative estimate of drug-likeness (QED) is 0.666. The van der Waals surface area contributed by atoms with Crippen LogP contribution >= 0.6 is 0 Å². The second-order valence-corrected chi connectivity index (χ2v) is 8.67. The fourth-order valence-corrected chi connectivity index (χ4v) is 6.68. The van der Waals surface area contributed by atoms with Crippen LogP contribution in [-0.4, -0.2) is 8.56 Å². The molecule has 0 aliphatic carbocycles. The number of para-hydroxylation sites is 2. The first kappa shape index (κ1) is 11.1. The fraction of sp³-hybridized carbons (Fsp3) is 0.250. The van der Waals surface area contributed by atoms with E-state index in [9.17, 15) is 0 Å². The molecule has 0 bridgehead atoms. The van der Waals surface area contributed by atoms with Gasteiger partial charge in [0.05, 0.1) is 0 Å². The van der Waals surface area contributed by atoms with Gasteiger partial charge in [0.25, 0.3) is 0 Å². The Bertz CT molecular complexity index is 583. The van der Waals surface area contributed by atoms with Crippen molar-refractivity contribution in [2.24, 2.45) is 5.92 Å². The molecule has 0 N–H and O–H groups in total. The van der Waals surface area contributed by atoms with E-state index in [1.165, 1.54) is 0 Å². The molecule has 2 nitrogen and oxygen atoms in total. The van der Waals surface area contributed by atoms with Crippen molar-refractivity contribution in [2.75, 3.05) is 0 Å². The van der Waals surface area contributed by atoms with E-state index in [1.54, 1.807) is 0 Å². The van der Waals surface area contributed by atoms with Crippen molar-refractivity contribution in [3.63, 3.8) is 0 Å². The van der Waals surface area contributed by atoms with Gasteiger partial charge in [0, 0.05) is 23.2 Å². The minimum atomic E-state index is -2.05. The van der Waals surface area contributed by atoms with Crippen LogP contribution in [0.15, 0.2) is 48.5 Å². The highest BCUT2D eigenvalue weighted by Crippen LogP contribution is 2.48. The minimum absolute atomic E-state index is 0.726. The number of fused-ring (bicyclic) bond motifs is 3. The van der Waals surface area contributed by atoms with Crippen LogP contribution < -0.4 is 8.85 Å². The first-order chi connectivity index (χ1) is 9.26. The van der Waals surface area contributed by atoms with Crippen molar-refractivity contribution >= 4 is 8.56 Å². The smallest absolute Gasteiger partial charge is 0.461 e. The molecule has 1 fully saturated rings. The first-order valence-corrected chi connectivity index (χ1v) is 9.05. The molecule has 96 valence electrons. The second-order valence-electron chi connectivity index (χ2n) is 5.62. The Hall–Kier alpha value is -1.74. The average molecular weight is 268 g/mol. The number of benzene rings is 2. The van der Waals surface area contributed by atoms with Gasteiger partial charge in [-0.15, -0.1) is 0 Å². The van der Waals surface area contributed by atoms with E-state index >= 15 is 0 Å². The Kier molecular flexibility index (Phi) is 2.27. The zero-order valence-electron chi connectivity index (χ0n) is 10.9. The highest BCUT2D eigenvalue weighted by atomic mass is 28.4. The number of hydrogen-bond acceptors (Lipinski definition) is 2. The zero-order valence-corrected chi connectivity index (χ0v) is 11.9. The van der Waals surface area contributed by atoms with Gasteiger partial charge in [-0.1, -0.05) is 43.3 Å². The van der Waals surface area contributed by atoms with Crippen LogP contribution in [0.4, 0.5) is 0 Å². The maximum absolute atomic E-state index is 6.35. The molecule has 0 atom stereocenters. The monoisotopic (exact) mass is 268 g/mol. The Morgan fingerprint density at radius 3 is 1.79 bits per heavy atom. The summed E-state index contributed by atoms with van der Waals surface area (Å²) in [5.41, 5.74) is 2.31. The third-order valence-electron chi connectivity index (χ3n) is 3.98. The molecule has 1 spiro atoms. The van der Waals surface area contributed by atoms with Crippen molar-refractivity contribution in [3.8, 4) is 22.6 Å². The summed E-state index contributed by atoms with van der Waals surface area (Å²) in [6.07, 6.45) is 0. The van der Waals surface area contributed by atoms with Crippen LogP contribution in [0.3, 0.4) is 0 Å². The van der Waals surface area contributed by atoms with Crippen LogP contribution in [0, 0.1) is 5.92 Å². The van der Waals surface area contributed by atoms with Gasteiger partial charge in [-0.05, 0) is 18.1 Å². The molecule has 0 radical (unpaired) electrons. The van der Waals surface area contributed by atoms with E-state index in [2.05, 4.69) is 43.3 Å². The van der Waals surface area contributed by atoms with Gasteiger partial charge >= 0.3 is 8.56 Å². The topological polar surface area (TPSA) is 18.5 Å². The maximum Gasteiger partial charge on any atom is 0.461 e. The number of rotatable bonds is 0. The summed E-state index contributed by atoms with van der Waals surface area (Å²) in [5.74, 6) is 2.71. The molecule has 2 aromatic rings. The van der Waals surface area contributed by atoms with Crippen molar-refractivity contribution in [1.82, 2.24) is 0 Å². The Balaban J connectivity index is 1.90. The molecule has 4 rings (SSSR count). The van der Waals surface area contributed by atoms with E-state index in [0.29, 0.717) is 0 Å². The van der Waals surface area contributed by atoms with Crippen molar-refractivity contribution < 1.29 is 8.85 Å². The maximum atomic E-state index is 6.35. The fourth-order valence-electron chi connectivity index (χ4n) is 3.15. The third kappa shape index (κ3) is 1.69. The van der Waals surface area contributed by atoms with Crippen molar-refractivity contribution in [3.05, 3.63) is 48.5 Å². The van der Waals surface area contributed by atoms with E-state index in [0.717, 1.165) is 40.6 Å². The lowest BCUT2D eigenvalue weighted by Gasteiger charge is -2.41. The summed E-state index contributed by atoms with van der Waals surface area (Å²) in [5, 5.41) is 0. The highest BCUT2D eigenvalue weighted by molar-refractivity contribution is 6.72. The standard InChI is InChI=1S/C16H16O2Si/c1-12-10-19(11-12)17-15-8-4-2-6-13(15)14-7-3-5-9-16(14)18-19/h2-9,12H,10-11H2,1H3. The molecule has 3 heteroatoms. The van der Waals surface area contributed by atoms with Gasteiger partial charge in [-0.3, -0.25) is 0 Å². The molecule has 2 aliphatic heterocycles. The van der Waals surface area contributed by atoms with Crippen LogP contribution in [0.25, 0.3) is 11.1 Å². The van der Waals surface area contributed by atoms with Gasteiger partial charge in [0.15, 0.2) is 0 Å². The summed E-state index contributed by atoms with van der Waals surface area (Å²) in [6.45, 7) is 2.27. The van der Waals surface area contributed by atoms with Crippen molar-refractivity contribution in [2.45, 2.75) is 19.0 Å². The lowest BCUT2D eigenvalue weighted by atomic mass is 10.0. The van der Waals surface area contributed by atoms with Gasteiger partial charge in [0.2, 0.25) is 0 Å². The summed E-state index contributed by atoms with van der Waals surface area (Å²) >= 11 is 0. The molecule has 0 amide bonds. The lowest BCUT2D eigenvalue weighted by Crippen LogP contribution is -2.57. The molecule has 0 saturated carbocycles. The second kappa shape index (κ2) is 3.87. The third-order valence-corrected chi connectivity index (χ3v) is 7.80. The first-order valence-electron chi connectivity index (χ1n) is 6.82. The Morgan fingerprint density at radius 2 is 1.32 bits per heavy atom. The Morgan fingerprint density at radius 1 is 0.842 bits per heavy atom. The lowest BCUT2D eigenvalue weighted by molar-refractivity contribution is 0.325. The molecule has 19 heavy (non-hydrogen) atoms. The van der Waals surface area contributed by atoms with Crippen molar-refractivity contribution in [1.29, 1.82) is 0 Å². The summed E-state index contributed by atoms with van der Waals surface area (Å²) in [7, 11) is -2.05. The predicted molar refractivity (Wildman–Crippen MR) is 77.7 cm³/mol. The van der Waals surface area contributed by atoms with Crippen LogP contribution in [-0.2, 0) is 0 Å². The average Bonchev–Trinajstić information content (AvgIpc) is 2.52. The normalized spacial score (nSPS) is 19.4. The minimum Gasteiger partial charge on any atom is -0.511 e. The summed E-state index contributed by atoms with van der Waals surface area (Å²) in [4.78, 5) is 0. The summed E-state index contributed by atoms with van der Waals surface area (Å²) < 4.78 is 12.7. The van der Waals surface area contributed by atoms with Crippen LogP contribution in [0.2, 0.25) is 12.1 Å². The zero-order chi connectivity index (χ0) is 12.9. The molecule has 2 aromatic carbocycles. The van der Waals surface area contributed by atoms with Gasteiger partial charge in [-0.2, -0.15) is 0 Å². The van der Waals surface area contributed by atoms with E-state index in [-0.39, 0.29) is 0 Å². The molecule has 0 aromatic heterocycles. The predicted octanol–water partition coefficient (Wildman–Crippen LogP) is 4.22. The molecule has 1 saturated heterocycles. The summed E-state index contributed by atoms with van der Waals surface area (Å²) in [6, 6.07) is 18.8. The van der Waals surface area contributed by atoms with Gasteiger partial charge in [0.1, 0.15) is 11.5 Å². The molecular formula is C16H16O2Si. The number of hydrogen-bond donors (Lipinski definition) is 0. The van der Waals surface area contributed by atoms with Gasteiger partial charge in [-0.25, -0.2) is 0 Å². The SMILES string of the molecule is CC1C[Si]2(C1)Oc1ccccc1-c1ccccc1O2. The molecule has 2 aliphatic rings. The largest absolute Gasteiger partial charge is 0.511 e. The van der Waals surface area contributed by atoms with Crippen LogP contribution in [0.5, 0.6) is 11.5 Å². The van der Waals surface area contributed by atoms with E-state index < -0.39 is 8.56 Å². The molecule has 0 unspecified atom stereocenters. The molecule has 2 heterocycles. The van der Waals surface area contributed by atoms with E-state index in [1.807, 2.05) is 12.1 Å². The van der Waals surface area contributed by atoms with Crippen LogP contribution in [0.1, 0.15) is 6.92 Å². The Labute approximate surface area is 114 Å².